The largest absolute Gasteiger partial charge is 0.396 e. The molecular weight excluding hydrogens is 188 g/mol. The Bertz CT molecular complexity index is 151. The molecule has 0 aromatic heterocycles. The van der Waals surface area contributed by atoms with Crippen LogP contribution < -0.4 is 5.32 Å². The van der Waals surface area contributed by atoms with Gasteiger partial charge in [0.1, 0.15) is 0 Å². The van der Waals surface area contributed by atoms with Crippen LogP contribution >= 0.6 is 0 Å². The van der Waals surface area contributed by atoms with E-state index in [1.54, 1.807) is 0 Å². The number of nitrogens with zero attached hydrogens (tertiary/aromatic N) is 1. The quantitative estimate of drug-likeness (QED) is 0.626. The summed E-state index contributed by atoms with van der Waals surface area (Å²) < 4.78 is 0. The minimum atomic E-state index is 0.337. The third-order valence-corrected chi connectivity index (χ3v) is 3.21. The van der Waals surface area contributed by atoms with Crippen molar-refractivity contribution in [3.63, 3.8) is 0 Å². The average molecular weight is 214 g/mol. The standard InChI is InChI=1S/C12H26N2O/c1-2-7-13-8-10-14-9-4-3-5-12(14)6-11-15/h12-13,15H,2-11H2,1H3. The van der Waals surface area contributed by atoms with Gasteiger partial charge in [0.2, 0.25) is 0 Å². The lowest BCUT2D eigenvalue weighted by atomic mass is 10.00. The second-order valence-corrected chi connectivity index (χ2v) is 4.45. The van der Waals surface area contributed by atoms with Gasteiger partial charge < -0.3 is 10.4 Å². The highest BCUT2D eigenvalue weighted by Crippen LogP contribution is 2.18. The maximum absolute atomic E-state index is 9.00. The number of rotatable bonds is 7. The molecule has 1 aliphatic rings. The van der Waals surface area contributed by atoms with Crippen LogP contribution in [-0.4, -0.2) is 48.8 Å². The monoisotopic (exact) mass is 214 g/mol. The lowest BCUT2D eigenvalue weighted by Gasteiger charge is -2.35. The van der Waals surface area contributed by atoms with Gasteiger partial charge in [0.25, 0.3) is 0 Å². The van der Waals surface area contributed by atoms with Crippen LogP contribution in [0, 0.1) is 0 Å². The van der Waals surface area contributed by atoms with Crippen LogP contribution in [0.1, 0.15) is 39.0 Å². The van der Waals surface area contributed by atoms with E-state index in [4.69, 9.17) is 5.11 Å². The number of nitrogens with one attached hydrogen (secondary N) is 1. The molecule has 2 N–H and O–H groups in total. The number of aliphatic hydroxyl groups excluding tert-OH is 1. The van der Waals surface area contributed by atoms with Crippen molar-refractivity contribution < 1.29 is 5.11 Å². The molecule has 1 saturated heterocycles. The van der Waals surface area contributed by atoms with Crippen molar-refractivity contribution >= 4 is 0 Å². The first-order chi connectivity index (χ1) is 7.38. The first-order valence-electron chi connectivity index (χ1n) is 6.44. The summed E-state index contributed by atoms with van der Waals surface area (Å²) in [5, 5.41) is 12.4. The maximum atomic E-state index is 9.00. The molecule has 3 heteroatoms. The van der Waals surface area contributed by atoms with Crippen LogP contribution in [-0.2, 0) is 0 Å². The summed E-state index contributed by atoms with van der Waals surface area (Å²) in [5.41, 5.74) is 0. The summed E-state index contributed by atoms with van der Waals surface area (Å²) >= 11 is 0. The van der Waals surface area contributed by atoms with E-state index in [0.717, 1.165) is 26.1 Å². The fourth-order valence-corrected chi connectivity index (χ4v) is 2.35. The summed E-state index contributed by atoms with van der Waals surface area (Å²) in [6.07, 6.45) is 6.10. The van der Waals surface area contributed by atoms with Crippen LogP contribution in [0.15, 0.2) is 0 Å². The third kappa shape index (κ3) is 4.96. The van der Waals surface area contributed by atoms with Gasteiger partial charge in [-0.25, -0.2) is 0 Å². The molecule has 0 aliphatic carbocycles. The Morgan fingerprint density at radius 3 is 2.93 bits per heavy atom. The summed E-state index contributed by atoms with van der Waals surface area (Å²) in [4.78, 5) is 2.54. The Kier molecular flexibility index (Phi) is 6.98. The average Bonchev–Trinajstić information content (AvgIpc) is 2.27. The van der Waals surface area contributed by atoms with Crippen molar-refractivity contribution in [2.75, 3.05) is 32.8 Å². The highest BCUT2D eigenvalue weighted by molar-refractivity contribution is 4.77. The molecule has 1 unspecified atom stereocenters. The van der Waals surface area contributed by atoms with Crippen LogP contribution in [0.5, 0.6) is 0 Å². The third-order valence-electron chi connectivity index (χ3n) is 3.21. The molecule has 1 atom stereocenters. The van der Waals surface area contributed by atoms with Gasteiger partial charge >= 0.3 is 0 Å². The van der Waals surface area contributed by atoms with Gasteiger partial charge in [-0.15, -0.1) is 0 Å². The fourth-order valence-electron chi connectivity index (χ4n) is 2.35. The van der Waals surface area contributed by atoms with Crippen molar-refractivity contribution in [1.82, 2.24) is 10.2 Å². The highest BCUT2D eigenvalue weighted by Gasteiger charge is 2.20. The first kappa shape index (κ1) is 12.9. The molecule has 0 spiro atoms. The van der Waals surface area contributed by atoms with E-state index in [-0.39, 0.29) is 0 Å². The van der Waals surface area contributed by atoms with E-state index >= 15 is 0 Å². The Morgan fingerprint density at radius 1 is 1.33 bits per heavy atom. The van der Waals surface area contributed by atoms with E-state index in [1.165, 1.54) is 32.2 Å². The van der Waals surface area contributed by atoms with Gasteiger partial charge in [-0.3, -0.25) is 4.90 Å². The molecule has 1 heterocycles. The van der Waals surface area contributed by atoms with E-state index in [1.807, 2.05) is 0 Å². The topological polar surface area (TPSA) is 35.5 Å². The lowest BCUT2D eigenvalue weighted by molar-refractivity contribution is 0.120. The number of hydrogen-bond acceptors (Lipinski definition) is 3. The van der Waals surface area contributed by atoms with E-state index in [0.29, 0.717) is 12.6 Å². The van der Waals surface area contributed by atoms with Gasteiger partial charge in [-0.05, 0) is 38.8 Å². The Labute approximate surface area is 93.9 Å². The Balaban J connectivity index is 2.17. The normalized spacial score (nSPS) is 23.2. The van der Waals surface area contributed by atoms with E-state index in [2.05, 4.69) is 17.1 Å². The zero-order chi connectivity index (χ0) is 10.9. The summed E-state index contributed by atoms with van der Waals surface area (Å²) in [5.74, 6) is 0. The summed E-state index contributed by atoms with van der Waals surface area (Å²) in [6.45, 7) is 7.11. The molecule has 1 aliphatic heterocycles. The molecule has 1 fully saturated rings. The fraction of sp³-hybridized carbons (Fsp3) is 1.00. The van der Waals surface area contributed by atoms with E-state index < -0.39 is 0 Å². The number of likely N-dealkylation sites (tertiary alicyclic amines) is 1. The van der Waals surface area contributed by atoms with Gasteiger partial charge in [0.05, 0.1) is 0 Å². The van der Waals surface area contributed by atoms with Crippen molar-refractivity contribution in [2.24, 2.45) is 0 Å². The predicted molar refractivity (Wildman–Crippen MR) is 64.1 cm³/mol. The molecule has 3 nitrogen and oxygen atoms in total. The molecule has 15 heavy (non-hydrogen) atoms. The summed E-state index contributed by atoms with van der Waals surface area (Å²) in [7, 11) is 0. The second-order valence-electron chi connectivity index (χ2n) is 4.45. The minimum absolute atomic E-state index is 0.337. The van der Waals surface area contributed by atoms with Crippen molar-refractivity contribution in [1.29, 1.82) is 0 Å². The molecule has 90 valence electrons. The van der Waals surface area contributed by atoms with Gasteiger partial charge in [-0.1, -0.05) is 13.3 Å². The highest BCUT2D eigenvalue weighted by atomic mass is 16.3. The molecule has 0 bridgehead atoms. The maximum Gasteiger partial charge on any atom is 0.0445 e. The first-order valence-corrected chi connectivity index (χ1v) is 6.44. The molecule has 0 saturated carbocycles. The number of piperidine rings is 1. The zero-order valence-corrected chi connectivity index (χ0v) is 10.0. The molecular formula is C12H26N2O. The number of hydrogen-bond donors (Lipinski definition) is 2. The van der Waals surface area contributed by atoms with Crippen LogP contribution in [0.3, 0.4) is 0 Å². The van der Waals surface area contributed by atoms with Crippen LogP contribution in [0.2, 0.25) is 0 Å². The van der Waals surface area contributed by atoms with Crippen LogP contribution in [0.25, 0.3) is 0 Å². The molecule has 0 aromatic rings. The molecule has 0 aromatic carbocycles. The zero-order valence-electron chi connectivity index (χ0n) is 10.0. The molecule has 0 radical (unpaired) electrons. The smallest absolute Gasteiger partial charge is 0.0445 e. The number of aliphatic hydroxyl groups is 1. The minimum Gasteiger partial charge on any atom is -0.396 e. The summed E-state index contributed by atoms with van der Waals surface area (Å²) in [6, 6.07) is 0.632. The van der Waals surface area contributed by atoms with Crippen molar-refractivity contribution in [2.45, 2.75) is 45.1 Å². The SMILES string of the molecule is CCCNCCN1CCCCC1CCO. The van der Waals surface area contributed by atoms with Crippen molar-refractivity contribution in [3.8, 4) is 0 Å². The van der Waals surface area contributed by atoms with Crippen molar-refractivity contribution in [3.05, 3.63) is 0 Å². The predicted octanol–water partition coefficient (Wildman–Crippen LogP) is 1.22. The Hall–Kier alpha value is -0.120. The van der Waals surface area contributed by atoms with Gasteiger partial charge in [0, 0.05) is 25.7 Å². The van der Waals surface area contributed by atoms with Crippen LogP contribution in [0.4, 0.5) is 0 Å². The van der Waals surface area contributed by atoms with Gasteiger partial charge in [-0.2, -0.15) is 0 Å². The van der Waals surface area contributed by atoms with E-state index in [9.17, 15) is 0 Å². The lowest BCUT2D eigenvalue weighted by Crippen LogP contribution is -2.43. The second kappa shape index (κ2) is 8.08. The van der Waals surface area contributed by atoms with Gasteiger partial charge in [0.15, 0.2) is 0 Å². The molecule has 1 rings (SSSR count). The molecule has 0 amide bonds. The Morgan fingerprint density at radius 2 is 2.20 bits per heavy atom.